The summed E-state index contributed by atoms with van der Waals surface area (Å²) in [5, 5.41) is 10.7. The molecule has 3 heterocycles. The molecule has 7 heteroatoms. The van der Waals surface area contributed by atoms with E-state index in [0.29, 0.717) is 17.7 Å². The van der Waals surface area contributed by atoms with E-state index in [1.807, 2.05) is 32.0 Å². The number of carbonyl (C=O) groups is 1. The van der Waals surface area contributed by atoms with Crippen molar-refractivity contribution in [3.63, 3.8) is 0 Å². The zero-order valence-electron chi connectivity index (χ0n) is 17.9. The van der Waals surface area contributed by atoms with Crippen LogP contribution in [0.2, 0.25) is 0 Å². The highest BCUT2D eigenvalue weighted by Crippen LogP contribution is 2.49. The van der Waals surface area contributed by atoms with Crippen LogP contribution in [0, 0.1) is 25.6 Å². The van der Waals surface area contributed by atoms with Crippen LogP contribution in [0.5, 0.6) is 5.75 Å². The van der Waals surface area contributed by atoms with Gasteiger partial charge in [-0.05, 0) is 48.7 Å². The van der Waals surface area contributed by atoms with Gasteiger partial charge in [0, 0.05) is 36.0 Å². The summed E-state index contributed by atoms with van der Waals surface area (Å²) < 4.78 is 15.0. The fraction of sp³-hybridized carbons (Fsp3) is 0.280. The summed E-state index contributed by atoms with van der Waals surface area (Å²) in [5.74, 6) is -0.606. The van der Waals surface area contributed by atoms with Gasteiger partial charge in [-0.3, -0.25) is 9.78 Å². The van der Waals surface area contributed by atoms with Crippen molar-refractivity contribution in [2.75, 3.05) is 0 Å². The van der Waals surface area contributed by atoms with Crippen LogP contribution in [0.3, 0.4) is 0 Å². The third kappa shape index (κ3) is 3.34. The Morgan fingerprint density at radius 2 is 1.78 bits per heavy atom. The highest BCUT2D eigenvalue weighted by Gasteiger charge is 2.56. The second kappa shape index (κ2) is 8.00. The van der Waals surface area contributed by atoms with Gasteiger partial charge in [-0.15, -0.1) is 0 Å². The number of aromatic nitrogens is 1. The number of phenols is 1. The quantitative estimate of drug-likeness (QED) is 0.589. The van der Waals surface area contributed by atoms with Crippen molar-refractivity contribution in [2.24, 2.45) is 5.92 Å². The molecule has 1 aromatic heterocycles. The molecular weight excluding hydrogens is 407 g/mol. The topological polar surface area (TPSA) is 77.5 Å². The molecule has 3 N–H and O–H groups in total. The molecule has 0 aliphatic carbocycles. The van der Waals surface area contributed by atoms with Gasteiger partial charge in [-0.2, -0.15) is 0 Å². The zero-order chi connectivity index (χ0) is 22.4. The standard InChI is InChI=1S/C25H25FN4O2/c1-14-10-18(20(31)11-15(14)2)22-21-23(29-28-22)25(32)30(13-16-6-5-9-27-12-16)24(21)17-7-3-4-8-19(17)26/h3-12,21-24,28-29,31H,13H2,1-2H3. The van der Waals surface area contributed by atoms with Gasteiger partial charge in [0.2, 0.25) is 5.91 Å². The Hall–Kier alpha value is -3.29. The minimum Gasteiger partial charge on any atom is -0.508 e. The minimum absolute atomic E-state index is 0.106. The second-order valence-electron chi connectivity index (χ2n) is 8.61. The fourth-order valence-electron chi connectivity index (χ4n) is 4.99. The summed E-state index contributed by atoms with van der Waals surface area (Å²) in [6.07, 6.45) is 3.40. The number of carbonyl (C=O) groups excluding carboxylic acids is 1. The Balaban J connectivity index is 1.61. The average Bonchev–Trinajstić information content (AvgIpc) is 3.32. The lowest BCUT2D eigenvalue weighted by Crippen LogP contribution is -2.41. The van der Waals surface area contributed by atoms with E-state index in [9.17, 15) is 9.90 Å². The number of nitrogens with one attached hydrogen (secondary N) is 2. The number of aromatic hydroxyl groups is 1. The summed E-state index contributed by atoms with van der Waals surface area (Å²) in [4.78, 5) is 19.4. The van der Waals surface area contributed by atoms with Crippen molar-refractivity contribution < 1.29 is 14.3 Å². The van der Waals surface area contributed by atoms with Crippen molar-refractivity contribution in [1.29, 1.82) is 0 Å². The molecule has 164 valence electrons. The molecule has 4 atom stereocenters. The Kier molecular flexibility index (Phi) is 5.15. The van der Waals surface area contributed by atoms with Gasteiger partial charge >= 0.3 is 0 Å². The first-order valence-corrected chi connectivity index (χ1v) is 10.7. The molecule has 0 bridgehead atoms. The number of fused-ring (bicyclic) bond motifs is 1. The number of hydrogen-bond acceptors (Lipinski definition) is 5. The van der Waals surface area contributed by atoms with Crippen LogP contribution in [0.25, 0.3) is 0 Å². The van der Waals surface area contributed by atoms with Gasteiger partial charge < -0.3 is 10.0 Å². The molecule has 0 saturated carbocycles. The smallest absolute Gasteiger partial charge is 0.242 e. The predicted molar refractivity (Wildman–Crippen MR) is 118 cm³/mol. The lowest BCUT2D eigenvalue weighted by Gasteiger charge is -2.32. The van der Waals surface area contributed by atoms with Gasteiger partial charge in [0.05, 0.1) is 12.1 Å². The maximum atomic E-state index is 15.0. The summed E-state index contributed by atoms with van der Waals surface area (Å²) in [6, 6.07) is 12.6. The molecule has 32 heavy (non-hydrogen) atoms. The number of phenolic OH excluding ortho intramolecular Hbond substituents is 1. The van der Waals surface area contributed by atoms with E-state index in [1.165, 1.54) is 6.07 Å². The molecule has 6 nitrogen and oxygen atoms in total. The number of hydrogen-bond donors (Lipinski definition) is 3. The molecule has 0 spiro atoms. The zero-order valence-corrected chi connectivity index (χ0v) is 17.9. The maximum absolute atomic E-state index is 15.0. The number of hydrazine groups is 1. The first-order valence-electron chi connectivity index (χ1n) is 10.7. The van der Waals surface area contributed by atoms with Gasteiger partial charge in [0.25, 0.3) is 0 Å². The molecule has 2 aromatic carbocycles. The number of likely N-dealkylation sites (tertiary alicyclic amines) is 1. The monoisotopic (exact) mass is 432 g/mol. The van der Waals surface area contributed by atoms with Gasteiger partial charge in [0.1, 0.15) is 17.6 Å². The van der Waals surface area contributed by atoms with E-state index < -0.39 is 12.1 Å². The third-order valence-electron chi connectivity index (χ3n) is 6.69. The fourth-order valence-corrected chi connectivity index (χ4v) is 4.99. The number of nitrogens with zero attached hydrogens (tertiary/aromatic N) is 2. The van der Waals surface area contributed by atoms with Crippen LogP contribution in [0.15, 0.2) is 60.9 Å². The van der Waals surface area contributed by atoms with Crippen molar-refractivity contribution >= 4 is 5.91 Å². The molecular formula is C25H25FN4O2. The van der Waals surface area contributed by atoms with Crippen LogP contribution >= 0.6 is 0 Å². The van der Waals surface area contributed by atoms with E-state index in [4.69, 9.17) is 0 Å². The van der Waals surface area contributed by atoms with Crippen molar-refractivity contribution in [1.82, 2.24) is 20.7 Å². The summed E-state index contributed by atoms with van der Waals surface area (Å²) >= 11 is 0. The van der Waals surface area contributed by atoms with Gasteiger partial charge in [-0.1, -0.05) is 30.3 Å². The maximum Gasteiger partial charge on any atom is 0.242 e. The summed E-state index contributed by atoms with van der Waals surface area (Å²) in [6.45, 7) is 4.26. The normalized spacial score (nSPS) is 24.7. The van der Waals surface area contributed by atoms with Crippen LogP contribution < -0.4 is 10.9 Å². The number of amides is 1. The van der Waals surface area contributed by atoms with Crippen LogP contribution in [0.4, 0.5) is 4.39 Å². The first-order chi connectivity index (χ1) is 15.5. The van der Waals surface area contributed by atoms with Crippen LogP contribution in [-0.4, -0.2) is 26.9 Å². The van der Waals surface area contributed by atoms with Crippen molar-refractivity contribution in [3.05, 3.63) is 94.6 Å². The molecule has 2 aliphatic heterocycles. The largest absolute Gasteiger partial charge is 0.508 e. The molecule has 3 aromatic rings. The highest BCUT2D eigenvalue weighted by atomic mass is 19.1. The second-order valence-corrected chi connectivity index (χ2v) is 8.61. The van der Waals surface area contributed by atoms with Crippen molar-refractivity contribution in [3.8, 4) is 5.75 Å². The van der Waals surface area contributed by atoms with Crippen LogP contribution in [0.1, 0.15) is 39.9 Å². The molecule has 5 rings (SSSR count). The van der Waals surface area contributed by atoms with Crippen molar-refractivity contribution in [2.45, 2.75) is 38.5 Å². The Bertz CT molecular complexity index is 1170. The number of rotatable bonds is 4. The highest BCUT2D eigenvalue weighted by molar-refractivity contribution is 5.86. The van der Waals surface area contributed by atoms with E-state index in [1.54, 1.807) is 41.6 Å². The van der Waals surface area contributed by atoms with E-state index in [-0.39, 0.29) is 29.4 Å². The lowest BCUT2D eigenvalue weighted by molar-refractivity contribution is -0.131. The average molecular weight is 432 g/mol. The molecule has 2 saturated heterocycles. The summed E-state index contributed by atoms with van der Waals surface area (Å²) in [5.41, 5.74) is 10.4. The predicted octanol–water partition coefficient (Wildman–Crippen LogP) is 3.46. The Morgan fingerprint density at radius 1 is 1.03 bits per heavy atom. The van der Waals surface area contributed by atoms with E-state index in [0.717, 1.165) is 16.7 Å². The third-order valence-corrected chi connectivity index (χ3v) is 6.69. The summed E-state index contributed by atoms with van der Waals surface area (Å²) in [7, 11) is 0. The number of pyridine rings is 1. The molecule has 1 amide bonds. The van der Waals surface area contributed by atoms with Crippen LogP contribution in [-0.2, 0) is 11.3 Å². The van der Waals surface area contributed by atoms with Gasteiger partial charge in [-0.25, -0.2) is 15.2 Å². The van der Waals surface area contributed by atoms with Gasteiger partial charge in [0.15, 0.2) is 0 Å². The first kappa shape index (κ1) is 20.6. The lowest BCUT2D eigenvalue weighted by atomic mass is 9.82. The van der Waals surface area contributed by atoms with E-state index >= 15 is 4.39 Å². The number of benzene rings is 2. The molecule has 4 unspecified atom stereocenters. The SMILES string of the molecule is Cc1cc(O)c(C2NNC3C(=O)N(Cc4cccnc4)C(c4ccccc4F)C32)cc1C. The van der Waals surface area contributed by atoms with E-state index in [2.05, 4.69) is 15.8 Å². The minimum atomic E-state index is -0.540. The molecule has 2 aliphatic rings. The Morgan fingerprint density at radius 3 is 2.53 bits per heavy atom. The molecule has 0 radical (unpaired) electrons. The Labute approximate surface area is 186 Å². The molecule has 2 fully saturated rings. The number of halogens is 1. The number of aryl methyl sites for hydroxylation is 2.